The van der Waals surface area contributed by atoms with Gasteiger partial charge >= 0.3 is 5.97 Å². The van der Waals surface area contributed by atoms with E-state index >= 15 is 0 Å². The number of ether oxygens (including phenoxy) is 2. The number of thioether (sulfide) groups is 1. The lowest BCUT2D eigenvalue weighted by Gasteiger charge is -2.21. The van der Waals surface area contributed by atoms with Crippen LogP contribution in [0.1, 0.15) is 13.3 Å². The number of carbonyl (C=O) groups excluding carboxylic acids is 1. The Morgan fingerprint density at radius 3 is 2.61 bits per heavy atom. The van der Waals surface area contributed by atoms with Crippen LogP contribution in [0.15, 0.2) is 29.2 Å². The molecule has 0 spiro atoms. The summed E-state index contributed by atoms with van der Waals surface area (Å²) in [6, 6.07) is 6.69. The Morgan fingerprint density at radius 1 is 1.35 bits per heavy atom. The maximum atomic E-state index is 12.3. The normalized spacial score (nSPS) is 20.5. The molecule has 2 unspecified atom stereocenters. The molecule has 1 aromatic rings. The van der Waals surface area contributed by atoms with Gasteiger partial charge in [-0.15, -0.1) is 11.8 Å². The number of carboxylic acid groups (broad SMARTS) is 1. The van der Waals surface area contributed by atoms with Gasteiger partial charge in [0.2, 0.25) is 5.91 Å². The third-order valence-corrected chi connectivity index (χ3v) is 4.70. The summed E-state index contributed by atoms with van der Waals surface area (Å²) in [5.74, 6) is -0.176. The number of likely N-dealkylation sites (tertiary alicyclic amines) is 1. The molecule has 126 valence electrons. The van der Waals surface area contributed by atoms with Crippen molar-refractivity contribution in [3.05, 3.63) is 24.3 Å². The number of carboxylic acids is 1. The van der Waals surface area contributed by atoms with E-state index < -0.39 is 12.0 Å². The van der Waals surface area contributed by atoms with Crippen molar-refractivity contribution in [3.63, 3.8) is 0 Å². The Balaban J connectivity index is 1.91. The van der Waals surface area contributed by atoms with Crippen LogP contribution in [0.25, 0.3) is 0 Å². The van der Waals surface area contributed by atoms with Crippen molar-refractivity contribution < 1.29 is 24.2 Å². The lowest BCUT2D eigenvalue weighted by Crippen LogP contribution is -2.41. The molecule has 0 aromatic heterocycles. The molecule has 23 heavy (non-hydrogen) atoms. The third-order valence-electron chi connectivity index (χ3n) is 3.70. The molecule has 7 heteroatoms. The summed E-state index contributed by atoms with van der Waals surface area (Å²) < 4.78 is 10.6. The maximum absolute atomic E-state index is 12.3. The van der Waals surface area contributed by atoms with Gasteiger partial charge < -0.3 is 19.5 Å². The van der Waals surface area contributed by atoms with Gasteiger partial charge in [0.05, 0.1) is 18.5 Å². The van der Waals surface area contributed by atoms with E-state index in [9.17, 15) is 14.7 Å². The quantitative estimate of drug-likeness (QED) is 0.765. The van der Waals surface area contributed by atoms with Gasteiger partial charge in [0, 0.05) is 25.0 Å². The number of nitrogens with zero attached hydrogens (tertiary/aromatic N) is 1. The van der Waals surface area contributed by atoms with Gasteiger partial charge in [-0.2, -0.15) is 0 Å². The van der Waals surface area contributed by atoms with Crippen LogP contribution >= 0.6 is 11.8 Å². The average molecular weight is 339 g/mol. The molecule has 1 amide bonds. The van der Waals surface area contributed by atoms with E-state index in [0.717, 1.165) is 10.6 Å². The van der Waals surface area contributed by atoms with Crippen LogP contribution in [0.5, 0.6) is 5.75 Å². The number of methoxy groups -OCH3 is 1. The molecule has 0 radical (unpaired) electrons. The molecule has 0 saturated carbocycles. The van der Waals surface area contributed by atoms with Crippen molar-refractivity contribution in [2.45, 2.75) is 30.4 Å². The molecule has 0 aliphatic carbocycles. The monoisotopic (exact) mass is 339 g/mol. The van der Waals surface area contributed by atoms with Crippen LogP contribution in [-0.4, -0.2) is 60.0 Å². The highest BCUT2D eigenvalue weighted by Gasteiger charge is 2.39. The predicted molar refractivity (Wildman–Crippen MR) is 86.9 cm³/mol. The first-order chi connectivity index (χ1) is 11.0. The Kier molecular flexibility index (Phi) is 6.29. The van der Waals surface area contributed by atoms with Crippen molar-refractivity contribution >= 4 is 23.6 Å². The minimum absolute atomic E-state index is 0.184. The van der Waals surface area contributed by atoms with Crippen LogP contribution in [0, 0.1) is 0 Å². The van der Waals surface area contributed by atoms with Gasteiger partial charge in [0.15, 0.2) is 0 Å². The van der Waals surface area contributed by atoms with Crippen molar-refractivity contribution in [1.29, 1.82) is 0 Å². The Morgan fingerprint density at radius 2 is 2.04 bits per heavy atom. The van der Waals surface area contributed by atoms with Gasteiger partial charge in [0.1, 0.15) is 11.8 Å². The van der Waals surface area contributed by atoms with E-state index in [1.165, 1.54) is 23.8 Å². The van der Waals surface area contributed by atoms with E-state index in [1.54, 1.807) is 0 Å². The molecule has 2 rings (SSSR count). The van der Waals surface area contributed by atoms with E-state index in [0.29, 0.717) is 19.6 Å². The molecule has 2 atom stereocenters. The summed E-state index contributed by atoms with van der Waals surface area (Å²) in [7, 11) is 1.53. The topological polar surface area (TPSA) is 76.1 Å². The largest absolute Gasteiger partial charge is 0.494 e. The van der Waals surface area contributed by atoms with E-state index in [4.69, 9.17) is 9.47 Å². The van der Waals surface area contributed by atoms with Crippen LogP contribution in [0.4, 0.5) is 0 Å². The smallest absolute Gasteiger partial charge is 0.326 e. The predicted octanol–water partition coefficient (Wildman–Crippen LogP) is 1.88. The van der Waals surface area contributed by atoms with Crippen LogP contribution in [-0.2, 0) is 14.3 Å². The molecule has 1 aliphatic heterocycles. The fourth-order valence-electron chi connectivity index (χ4n) is 2.50. The number of rotatable bonds is 7. The highest BCUT2D eigenvalue weighted by molar-refractivity contribution is 8.00. The second-order valence-electron chi connectivity index (χ2n) is 5.19. The van der Waals surface area contributed by atoms with Crippen LogP contribution in [0.3, 0.4) is 0 Å². The molecule has 1 heterocycles. The van der Waals surface area contributed by atoms with Crippen LogP contribution < -0.4 is 4.74 Å². The minimum atomic E-state index is -0.982. The summed E-state index contributed by atoms with van der Waals surface area (Å²) in [4.78, 5) is 25.9. The minimum Gasteiger partial charge on any atom is -0.494 e. The first kappa shape index (κ1) is 17.6. The first-order valence-electron chi connectivity index (χ1n) is 7.45. The molecule has 1 N–H and O–H groups in total. The molecule has 1 saturated heterocycles. The van der Waals surface area contributed by atoms with Gasteiger partial charge in [-0.1, -0.05) is 0 Å². The average Bonchev–Trinajstić information content (AvgIpc) is 2.99. The second kappa shape index (κ2) is 8.21. The summed E-state index contributed by atoms with van der Waals surface area (Å²) in [6.45, 7) is 2.86. The molecule has 6 nitrogen and oxygen atoms in total. The maximum Gasteiger partial charge on any atom is 0.326 e. The Bertz CT molecular complexity index is 548. The highest BCUT2D eigenvalue weighted by atomic mass is 32.2. The standard InChI is InChI=1S/C16H21NO5S/c1-3-22-11-4-6-13(7-5-11)23-10-15(18)17-9-12(21-2)8-14(17)16(19)20/h4-7,12,14H,3,8-10H2,1-2H3,(H,19,20). The molecular formula is C16H21NO5S. The van der Waals surface area contributed by atoms with Gasteiger partial charge in [-0.05, 0) is 31.2 Å². The summed E-state index contributed by atoms with van der Waals surface area (Å²) in [5.41, 5.74) is 0. The fraction of sp³-hybridized carbons (Fsp3) is 0.500. The van der Waals surface area contributed by atoms with Crippen molar-refractivity contribution in [2.24, 2.45) is 0 Å². The molecule has 1 aliphatic rings. The lowest BCUT2D eigenvalue weighted by molar-refractivity contribution is -0.147. The summed E-state index contributed by atoms with van der Waals surface area (Å²) >= 11 is 1.38. The number of benzene rings is 1. The van der Waals surface area contributed by atoms with Crippen molar-refractivity contribution in [3.8, 4) is 5.75 Å². The van der Waals surface area contributed by atoms with E-state index in [1.807, 2.05) is 31.2 Å². The van der Waals surface area contributed by atoms with E-state index in [-0.39, 0.29) is 17.8 Å². The fourth-order valence-corrected chi connectivity index (χ4v) is 3.29. The molecule has 0 bridgehead atoms. The van der Waals surface area contributed by atoms with Gasteiger partial charge in [0.25, 0.3) is 0 Å². The summed E-state index contributed by atoms with van der Waals surface area (Å²) in [6.07, 6.45) is 0.126. The van der Waals surface area contributed by atoms with E-state index in [2.05, 4.69) is 0 Å². The number of hydrogen-bond acceptors (Lipinski definition) is 5. The lowest BCUT2D eigenvalue weighted by atomic mass is 10.2. The highest BCUT2D eigenvalue weighted by Crippen LogP contribution is 2.25. The Labute approximate surface area is 139 Å². The summed E-state index contributed by atoms with van der Waals surface area (Å²) in [5, 5.41) is 9.24. The number of hydrogen-bond donors (Lipinski definition) is 1. The Hall–Kier alpha value is -1.73. The van der Waals surface area contributed by atoms with Crippen LogP contribution in [0.2, 0.25) is 0 Å². The zero-order valence-electron chi connectivity index (χ0n) is 13.2. The molecule has 1 fully saturated rings. The third kappa shape index (κ3) is 4.62. The number of amides is 1. The van der Waals surface area contributed by atoms with Crippen molar-refractivity contribution in [1.82, 2.24) is 4.90 Å². The van der Waals surface area contributed by atoms with Gasteiger partial charge in [-0.3, -0.25) is 4.79 Å². The molecule has 1 aromatic carbocycles. The zero-order chi connectivity index (χ0) is 16.8. The van der Waals surface area contributed by atoms with Crippen molar-refractivity contribution in [2.75, 3.05) is 26.0 Å². The number of carbonyl (C=O) groups is 2. The molecular weight excluding hydrogens is 318 g/mol. The van der Waals surface area contributed by atoms with Gasteiger partial charge in [-0.25, -0.2) is 4.79 Å². The zero-order valence-corrected chi connectivity index (χ0v) is 14.0. The number of aliphatic carboxylic acids is 1. The SMILES string of the molecule is CCOc1ccc(SCC(=O)N2CC(OC)CC2C(=O)O)cc1. The second-order valence-corrected chi connectivity index (χ2v) is 6.24. The first-order valence-corrected chi connectivity index (χ1v) is 8.44.